The van der Waals surface area contributed by atoms with Gasteiger partial charge in [-0.3, -0.25) is 0 Å². The lowest BCUT2D eigenvalue weighted by Gasteiger charge is -2.17. The lowest BCUT2D eigenvalue weighted by molar-refractivity contribution is 0.255. The number of rotatable bonds is 5. The molecule has 2 aromatic rings. The smallest absolute Gasteiger partial charge is 0.323 e. The highest BCUT2D eigenvalue weighted by Gasteiger charge is 2.09. The first-order valence-corrected chi connectivity index (χ1v) is 8.87. The Morgan fingerprint density at radius 2 is 1.60 bits per heavy atom. The summed E-state index contributed by atoms with van der Waals surface area (Å²) in [6.45, 7) is 0. The zero-order valence-electron chi connectivity index (χ0n) is 14.3. The van der Waals surface area contributed by atoms with Crippen LogP contribution in [0.15, 0.2) is 66.9 Å². The average Bonchev–Trinajstić information content (AvgIpc) is 2.65. The van der Waals surface area contributed by atoms with Crippen LogP contribution in [0.25, 0.3) is 0 Å². The van der Waals surface area contributed by atoms with Crippen LogP contribution >= 0.6 is 0 Å². The van der Waals surface area contributed by atoms with Crippen molar-refractivity contribution in [3.8, 4) is 11.5 Å². The van der Waals surface area contributed by atoms with E-state index in [1.54, 1.807) is 6.20 Å². The minimum atomic E-state index is -0.233. The van der Waals surface area contributed by atoms with Crippen LogP contribution in [0.1, 0.15) is 32.1 Å². The Kier molecular flexibility index (Phi) is 6.10. The van der Waals surface area contributed by atoms with Gasteiger partial charge in [0, 0.05) is 11.9 Å². The molecule has 1 aliphatic rings. The number of ether oxygens (including phenoxy) is 1. The number of urea groups is 1. The third-order valence-electron chi connectivity index (χ3n) is 4.32. The van der Waals surface area contributed by atoms with E-state index >= 15 is 0 Å². The van der Waals surface area contributed by atoms with Crippen LogP contribution in [0, 0.1) is 5.92 Å². The second-order valence-corrected chi connectivity index (χ2v) is 6.30. The molecule has 0 aliphatic heterocycles. The summed E-state index contributed by atoms with van der Waals surface area (Å²) >= 11 is 0. The molecule has 0 saturated heterocycles. The number of carbonyl (C=O) groups excluding carboxylic acids is 1. The molecule has 1 fully saturated rings. The average molecular weight is 336 g/mol. The first-order valence-electron chi connectivity index (χ1n) is 8.87. The van der Waals surface area contributed by atoms with E-state index in [2.05, 4.69) is 16.7 Å². The fraction of sp³-hybridized carbons (Fsp3) is 0.286. The summed E-state index contributed by atoms with van der Waals surface area (Å²) < 4.78 is 5.73. The van der Waals surface area contributed by atoms with Crippen LogP contribution in [-0.2, 0) is 0 Å². The molecule has 0 spiro atoms. The lowest BCUT2D eigenvalue weighted by Crippen LogP contribution is -2.24. The number of amides is 2. The van der Waals surface area contributed by atoms with Crippen LogP contribution < -0.4 is 15.4 Å². The number of nitrogens with one attached hydrogen (secondary N) is 2. The van der Waals surface area contributed by atoms with Crippen molar-refractivity contribution in [2.75, 3.05) is 5.32 Å². The fourth-order valence-electron chi connectivity index (χ4n) is 2.98. The van der Waals surface area contributed by atoms with Gasteiger partial charge >= 0.3 is 6.03 Å². The molecular weight excluding hydrogens is 312 g/mol. The monoisotopic (exact) mass is 336 g/mol. The SMILES string of the molecule is O=C(N/C=C/C1CCCCC1)Nc1ccc(Oc2ccccc2)cc1. The second-order valence-electron chi connectivity index (χ2n) is 6.30. The van der Waals surface area contributed by atoms with Gasteiger partial charge < -0.3 is 15.4 Å². The lowest BCUT2D eigenvalue weighted by atomic mass is 9.89. The van der Waals surface area contributed by atoms with E-state index in [9.17, 15) is 4.79 Å². The molecule has 0 atom stereocenters. The molecule has 0 bridgehead atoms. The molecule has 4 heteroatoms. The molecule has 0 heterocycles. The van der Waals surface area contributed by atoms with E-state index in [4.69, 9.17) is 4.74 Å². The van der Waals surface area contributed by atoms with Crippen molar-refractivity contribution >= 4 is 11.7 Å². The van der Waals surface area contributed by atoms with E-state index in [-0.39, 0.29) is 6.03 Å². The van der Waals surface area contributed by atoms with E-state index in [0.717, 1.165) is 17.2 Å². The maximum Gasteiger partial charge on any atom is 0.323 e. The predicted octanol–water partition coefficient (Wildman–Crippen LogP) is 5.69. The molecule has 0 aromatic heterocycles. The summed E-state index contributed by atoms with van der Waals surface area (Å²) in [5.74, 6) is 2.12. The third-order valence-corrected chi connectivity index (χ3v) is 4.32. The largest absolute Gasteiger partial charge is 0.457 e. The highest BCUT2D eigenvalue weighted by Crippen LogP contribution is 2.24. The van der Waals surface area contributed by atoms with E-state index < -0.39 is 0 Å². The summed E-state index contributed by atoms with van der Waals surface area (Å²) in [7, 11) is 0. The Morgan fingerprint density at radius 3 is 2.32 bits per heavy atom. The minimum absolute atomic E-state index is 0.233. The molecule has 0 unspecified atom stereocenters. The van der Waals surface area contributed by atoms with Crippen LogP contribution in [0.5, 0.6) is 11.5 Å². The van der Waals surface area contributed by atoms with Gasteiger partial charge in [-0.05, 0) is 55.2 Å². The third kappa shape index (κ3) is 5.68. The number of para-hydroxylation sites is 1. The van der Waals surface area contributed by atoms with Gasteiger partial charge in [0.2, 0.25) is 0 Å². The first-order chi connectivity index (χ1) is 12.3. The van der Waals surface area contributed by atoms with Crippen LogP contribution in [0.4, 0.5) is 10.5 Å². The van der Waals surface area contributed by atoms with Crippen molar-refractivity contribution in [1.82, 2.24) is 5.32 Å². The predicted molar refractivity (Wildman–Crippen MR) is 101 cm³/mol. The number of hydrogen-bond donors (Lipinski definition) is 2. The van der Waals surface area contributed by atoms with Crippen molar-refractivity contribution in [1.29, 1.82) is 0 Å². The zero-order valence-corrected chi connectivity index (χ0v) is 14.3. The van der Waals surface area contributed by atoms with Gasteiger partial charge in [0.15, 0.2) is 0 Å². The van der Waals surface area contributed by atoms with Crippen molar-refractivity contribution in [2.24, 2.45) is 5.92 Å². The molecule has 25 heavy (non-hydrogen) atoms. The van der Waals surface area contributed by atoms with Gasteiger partial charge in [0.25, 0.3) is 0 Å². The van der Waals surface area contributed by atoms with Gasteiger partial charge in [-0.2, -0.15) is 0 Å². The summed E-state index contributed by atoms with van der Waals surface area (Å²) in [6.07, 6.45) is 10.2. The molecule has 2 aromatic carbocycles. The first kappa shape index (κ1) is 17.1. The Balaban J connectivity index is 1.45. The summed E-state index contributed by atoms with van der Waals surface area (Å²) in [5, 5.41) is 5.58. The van der Waals surface area contributed by atoms with Crippen molar-refractivity contribution in [3.05, 3.63) is 66.9 Å². The summed E-state index contributed by atoms with van der Waals surface area (Å²) in [6, 6.07) is 16.7. The number of carbonyl (C=O) groups is 1. The van der Waals surface area contributed by atoms with Crippen molar-refractivity contribution in [2.45, 2.75) is 32.1 Å². The van der Waals surface area contributed by atoms with Gasteiger partial charge in [-0.25, -0.2) is 4.79 Å². The van der Waals surface area contributed by atoms with E-state index in [1.165, 1.54) is 32.1 Å². The second kappa shape index (κ2) is 8.92. The molecule has 2 amide bonds. The maximum atomic E-state index is 11.9. The van der Waals surface area contributed by atoms with E-state index in [1.807, 2.05) is 54.6 Å². The highest BCUT2D eigenvalue weighted by atomic mass is 16.5. The molecular formula is C21H24N2O2. The Morgan fingerprint density at radius 1 is 0.920 bits per heavy atom. The molecule has 0 radical (unpaired) electrons. The summed E-state index contributed by atoms with van der Waals surface area (Å²) in [4.78, 5) is 11.9. The molecule has 2 N–H and O–H groups in total. The van der Waals surface area contributed by atoms with Gasteiger partial charge in [0.1, 0.15) is 11.5 Å². The fourth-order valence-corrected chi connectivity index (χ4v) is 2.98. The standard InChI is InChI=1S/C21H24N2O2/c24-21(22-16-15-17-7-3-1-4-8-17)23-18-11-13-20(14-12-18)25-19-9-5-2-6-10-19/h2,5-6,9-17H,1,3-4,7-8H2,(H2,22,23,24)/b16-15+. The number of allylic oxidation sites excluding steroid dienone is 1. The maximum absolute atomic E-state index is 11.9. The van der Waals surface area contributed by atoms with Gasteiger partial charge in [0.05, 0.1) is 0 Å². The van der Waals surface area contributed by atoms with Gasteiger partial charge in [-0.1, -0.05) is 43.5 Å². The van der Waals surface area contributed by atoms with Crippen molar-refractivity contribution < 1.29 is 9.53 Å². The van der Waals surface area contributed by atoms with Gasteiger partial charge in [-0.15, -0.1) is 0 Å². The Hall–Kier alpha value is -2.75. The number of hydrogen-bond acceptors (Lipinski definition) is 2. The number of anilines is 1. The zero-order chi connectivity index (χ0) is 17.3. The quantitative estimate of drug-likeness (QED) is 0.736. The van der Waals surface area contributed by atoms with Crippen LogP contribution in [-0.4, -0.2) is 6.03 Å². The topological polar surface area (TPSA) is 50.4 Å². The van der Waals surface area contributed by atoms with Crippen molar-refractivity contribution in [3.63, 3.8) is 0 Å². The minimum Gasteiger partial charge on any atom is -0.457 e. The Labute approximate surface area is 148 Å². The normalized spacial score (nSPS) is 15.0. The summed E-state index contributed by atoms with van der Waals surface area (Å²) in [5.41, 5.74) is 0.726. The highest BCUT2D eigenvalue weighted by molar-refractivity contribution is 5.89. The van der Waals surface area contributed by atoms with Crippen LogP contribution in [0.3, 0.4) is 0 Å². The molecule has 130 valence electrons. The van der Waals surface area contributed by atoms with E-state index in [0.29, 0.717) is 5.92 Å². The number of benzene rings is 2. The molecule has 3 rings (SSSR count). The van der Waals surface area contributed by atoms with Crippen LogP contribution in [0.2, 0.25) is 0 Å². The molecule has 1 aliphatic carbocycles. The Bertz CT molecular complexity index is 690. The molecule has 4 nitrogen and oxygen atoms in total. The molecule has 1 saturated carbocycles.